The predicted octanol–water partition coefficient (Wildman–Crippen LogP) is 3.92. The van der Waals surface area contributed by atoms with Gasteiger partial charge in [-0.1, -0.05) is 17.7 Å². The number of hydrogen-bond donors (Lipinski definition) is 1. The van der Waals surface area contributed by atoms with Crippen LogP contribution in [-0.4, -0.2) is 4.92 Å². The molecule has 17 heavy (non-hydrogen) atoms. The molecular formula is C11H9ClN2O2S. The molecule has 0 saturated carbocycles. The van der Waals surface area contributed by atoms with Crippen molar-refractivity contribution in [1.29, 1.82) is 0 Å². The van der Waals surface area contributed by atoms with E-state index in [9.17, 15) is 10.1 Å². The number of halogens is 1. The number of nitrogens with zero attached hydrogens (tertiary/aromatic N) is 1. The first-order valence-corrected chi connectivity index (χ1v) is 6.18. The van der Waals surface area contributed by atoms with Gasteiger partial charge in [0.25, 0.3) is 5.69 Å². The van der Waals surface area contributed by atoms with E-state index in [4.69, 9.17) is 11.6 Å². The normalized spacial score (nSPS) is 10.2. The number of nitrogens with one attached hydrogen (secondary N) is 1. The Labute approximate surface area is 107 Å². The lowest BCUT2D eigenvalue weighted by atomic mass is 10.2. The number of hydrogen-bond acceptors (Lipinski definition) is 4. The minimum Gasteiger partial charge on any atom is -0.374 e. The molecule has 6 heteroatoms. The predicted molar refractivity (Wildman–Crippen MR) is 69.8 cm³/mol. The zero-order valence-corrected chi connectivity index (χ0v) is 10.3. The maximum atomic E-state index is 10.8. The highest BCUT2D eigenvalue weighted by Gasteiger charge is 2.15. The Kier molecular flexibility index (Phi) is 3.61. The van der Waals surface area contributed by atoms with Crippen molar-refractivity contribution >= 4 is 34.3 Å². The summed E-state index contributed by atoms with van der Waals surface area (Å²) in [6.45, 7) is 0.522. The molecule has 0 radical (unpaired) electrons. The van der Waals surface area contributed by atoms with Crippen LogP contribution in [0.3, 0.4) is 0 Å². The highest BCUT2D eigenvalue weighted by atomic mass is 35.5. The molecule has 2 rings (SSSR count). The molecule has 0 amide bonds. The average Bonchev–Trinajstić information content (AvgIpc) is 2.80. The first kappa shape index (κ1) is 11.9. The maximum Gasteiger partial charge on any atom is 0.293 e. The molecule has 0 spiro atoms. The standard InChI is InChI=1S/C11H9ClN2O2S/c12-9-2-1-3-10(14(15)16)11(9)13-6-8-4-5-17-7-8/h1-5,7,13H,6H2. The van der Waals surface area contributed by atoms with Gasteiger partial charge < -0.3 is 5.32 Å². The summed E-state index contributed by atoms with van der Waals surface area (Å²) in [5.74, 6) is 0. The minimum atomic E-state index is -0.443. The number of para-hydroxylation sites is 1. The molecular weight excluding hydrogens is 260 g/mol. The number of thiophene rings is 1. The lowest BCUT2D eigenvalue weighted by molar-refractivity contribution is -0.383. The van der Waals surface area contributed by atoms with Crippen molar-refractivity contribution in [1.82, 2.24) is 0 Å². The highest BCUT2D eigenvalue weighted by Crippen LogP contribution is 2.32. The zero-order chi connectivity index (χ0) is 12.3. The van der Waals surface area contributed by atoms with Crippen molar-refractivity contribution in [3.63, 3.8) is 0 Å². The fraction of sp³-hybridized carbons (Fsp3) is 0.0909. The van der Waals surface area contributed by atoms with Crippen LogP contribution in [-0.2, 0) is 6.54 Å². The van der Waals surface area contributed by atoms with Gasteiger partial charge in [0.1, 0.15) is 5.69 Å². The van der Waals surface area contributed by atoms with E-state index in [1.807, 2.05) is 16.8 Å². The van der Waals surface area contributed by atoms with Crippen molar-refractivity contribution < 1.29 is 4.92 Å². The van der Waals surface area contributed by atoms with Crippen molar-refractivity contribution in [2.45, 2.75) is 6.54 Å². The van der Waals surface area contributed by atoms with Crippen LogP contribution in [0.2, 0.25) is 5.02 Å². The van der Waals surface area contributed by atoms with Crippen LogP contribution in [0.15, 0.2) is 35.0 Å². The maximum absolute atomic E-state index is 10.8. The molecule has 4 nitrogen and oxygen atoms in total. The molecule has 0 aliphatic carbocycles. The summed E-state index contributed by atoms with van der Waals surface area (Å²) in [7, 11) is 0. The van der Waals surface area contributed by atoms with Crippen LogP contribution in [0, 0.1) is 10.1 Å². The number of nitro groups is 1. The van der Waals surface area contributed by atoms with Gasteiger partial charge in [0.15, 0.2) is 0 Å². The molecule has 0 aliphatic rings. The second-order valence-electron chi connectivity index (χ2n) is 3.38. The Morgan fingerprint density at radius 3 is 2.88 bits per heavy atom. The summed E-state index contributed by atoms with van der Waals surface area (Å²) in [6, 6.07) is 6.59. The van der Waals surface area contributed by atoms with Gasteiger partial charge in [-0.15, -0.1) is 0 Å². The third kappa shape index (κ3) is 2.75. The first-order chi connectivity index (χ1) is 8.18. The summed E-state index contributed by atoms with van der Waals surface area (Å²) in [5, 5.41) is 18.1. The van der Waals surface area contributed by atoms with E-state index >= 15 is 0 Å². The third-order valence-electron chi connectivity index (χ3n) is 2.24. The van der Waals surface area contributed by atoms with E-state index in [2.05, 4.69) is 5.32 Å². The van der Waals surface area contributed by atoms with Gasteiger partial charge in [0.05, 0.1) is 9.95 Å². The number of nitro benzene ring substituents is 1. The Balaban J connectivity index is 2.22. The average molecular weight is 269 g/mol. The summed E-state index contributed by atoms with van der Waals surface area (Å²) in [6.07, 6.45) is 0. The van der Waals surface area contributed by atoms with Crippen LogP contribution in [0.4, 0.5) is 11.4 Å². The molecule has 1 aromatic carbocycles. The van der Waals surface area contributed by atoms with Crippen molar-refractivity contribution in [2.24, 2.45) is 0 Å². The van der Waals surface area contributed by atoms with Gasteiger partial charge in [-0.2, -0.15) is 11.3 Å². The van der Waals surface area contributed by atoms with Gasteiger partial charge in [0.2, 0.25) is 0 Å². The van der Waals surface area contributed by atoms with E-state index in [0.717, 1.165) is 5.56 Å². The fourth-order valence-electron chi connectivity index (χ4n) is 1.42. The molecule has 0 fully saturated rings. The van der Waals surface area contributed by atoms with Gasteiger partial charge in [-0.05, 0) is 28.5 Å². The molecule has 2 aromatic rings. The molecule has 0 saturated heterocycles. The largest absolute Gasteiger partial charge is 0.374 e. The monoisotopic (exact) mass is 268 g/mol. The molecule has 1 N–H and O–H groups in total. The van der Waals surface area contributed by atoms with Crippen molar-refractivity contribution in [3.8, 4) is 0 Å². The topological polar surface area (TPSA) is 55.2 Å². The van der Waals surface area contributed by atoms with Crippen LogP contribution < -0.4 is 5.32 Å². The minimum absolute atomic E-state index is 0.00673. The third-order valence-corrected chi connectivity index (χ3v) is 3.28. The Morgan fingerprint density at radius 2 is 2.24 bits per heavy atom. The zero-order valence-electron chi connectivity index (χ0n) is 8.72. The Bertz CT molecular complexity index is 528. The Morgan fingerprint density at radius 1 is 1.41 bits per heavy atom. The summed E-state index contributed by atoms with van der Waals surface area (Å²) >= 11 is 7.53. The van der Waals surface area contributed by atoms with Crippen LogP contribution in [0.25, 0.3) is 0 Å². The lowest BCUT2D eigenvalue weighted by Crippen LogP contribution is -2.02. The first-order valence-electron chi connectivity index (χ1n) is 4.86. The van der Waals surface area contributed by atoms with Crippen LogP contribution in [0.1, 0.15) is 5.56 Å². The second kappa shape index (κ2) is 5.16. The molecule has 0 bridgehead atoms. The molecule has 0 unspecified atom stereocenters. The smallest absolute Gasteiger partial charge is 0.293 e. The molecule has 0 aliphatic heterocycles. The summed E-state index contributed by atoms with van der Waals surface area (Å²) < 4.78 is 0. The van der Waals surface area contributed by atoms with E-state index in [0.29, 0.717) is 17.3 Å². The number of benzene rings is 1. The van der Waals surface area contributed by atoms with Gasteiger partial charge in [-0.3, -0.25) is 10.1 Å². The fourth-order valence-corrected chi connectivity index (χ4v) is 2.33. The molecule has 1 aromatic heterocycles. The van der Waals surface area contributed by atoms with Crippen molar-refractivity contribution in [3.05, 3.63) is 55.7 Å². The number of rotatable bonds is 4. The summed E-state index contributed by atoms with van der Waals surface area (Å²) in [5.41, 5.74) is 1.43. The lowest BCUT2D eigenvalue weighted by Gasteiger charge is -2.07. The highest BCUT2D eigenvalue weighted by molar-refractivity contribution is 7.07. The molecule has 0 atom stereocenters. The van der Waals surface area contributed by atoms with E-state index < -0.39 is 4.92 Å². The van der Waals surface area contributed by atoms with Gasteiger partial charge in [0, 0.05) is 12.6 Å². The quantitative estimate of drug-likeness (QED) is 0.675. The van der Waals surface area contributed by atoms with E-state index in [1.54, 1.807) is 23.5 Å². The van der Waals surface area contributed by atoms with Crippen molar-refractivity contribution in [2.75, 3.05) is 5.32 Å². The van der Waals surface area contributed by atoms with Crippen LogP contribution in [0.5, 0.6) is 0 Å². The number of anilines is 1. The Hall–Kier alpha value is -1.59. The second-order valence-corrected chi connectivity index (χ2v) is 4.56. The summed E-state index contributed by atoms with van der Waals surface area (Å²) in [4.78, 5) is 10.4. The van der Waals surface area contributed by atoms with E-state index in [1.165, 1.54) is 6.07 Å². The molecule has 88 valence electrons. The molecule has 1 heterocycles. The van der Waals surface area contributed by atoms with Gasteiger partial charge >= 0.3 is 0 Å². The SMILES string of the molecule is O=[N+]([O-])c1cccc(Cl)c1NCc1ccsc1. The van der Waals surface area contributed by atoms with Crippen LogP contribution >= 0.6 is 22.9 Å². The van der Waals surface area contributed by atoms with E-state index in [-0.39, 0.29) is 5.69 Å². The van der Waals surface area contributed by atoms with Gasteiger partial charge in [-0.25, -0.2) is 0 Å².